The number of anilines is 2. The summed E-state index contributed by atoms with van der Waals surface area (Å²) in [4.78, 5) is 18.8. The van der Waals surface area contributed by atoms with Gasteiger partial charge in [-0.15, -0.1) is 24.5 Å². The highest BCUT2D eigenvalue weighted by Crippen LogP contribution is 2.41. The topological polar surface area (TPSA) is 77.2 Å². The van der Waals surface area contributed by atoms with Gasteiger partial charge in [0.05, 0.1) is 11.4 Å². The Hall–Kier alpha value is -4.08. The van der Waals surface area contributed by atoms with E-state index in [1.165, 1.54) is 12.1 Å². The molecule has 3 N–H and O–H groups in total. The van der Waals surface area contributed by atoms with E-state index in [0.29, 0.717) is 20.9 Å². The van der Waals surface area contributed by atoms with Crippen LogP contribution in [0.3, 0.4) is 0 Å². The lowest BCUT2D eigenvalue weighted by molar-refractivity contribution is -0.274. The molecule has 0 aliphatic carbocycles. The molecular formula is C28H19ClF3N3O2S. The monoisotopic (exact) mass is 553 g/mol. The largest absolute Gasteiger partial charge is 0.573 e. The number of ether oxygens (including phenoxy) is 1. The number of aryl methyl sites for hydroxylation is 1. The molecule has 192 valence electrons. The van der Waals surface area contributed by atoms with Gasteiger partial charge in [-0.2, -0.15) is 0 Å². The summed E-state index contributed by atoms with van der Waals surface area (Å²) < 4.78 is 41.2. The Morgan fingerprint density at radius 2 is 1.61 bits per heavy atom. The van der Waals surface area contributed by atoms with Gasteiger partial charge in [0.15, 0.2) is 0 Å². The number of hydrogen-bond acceptors (Lipinski definition) is 5. The summed E-state index contributed by atoms with van der Waals surface area (Å²) in [6.07, 6.45) is -4.80. The predicted molar refractivity (Wildman–Crippen MR) is 146 cm³/mol. The van der Waals surface area contributed by atoms with Gasteiger partial charge >= 0.3 is 6.36 Å². The molecule has 5 aromatic rings. The fourth-order valence-corrected chi connectivity index (χ4v) is 5.09. The van der Waals surface area contributed by atoms with Crippen molar-refractivity contribution in [1.82, 2.24) is 4.98 Å². The van der Waals surface area contributed by atoms with Crippen LogP contribution in [0.25, 0.3) is 32.6 Å². The van der Waals surface area contributed by atoms with Gasteiger partial charge in [-0.25, -0.2) is 4.98 Å². The molecule has 0 radical (unpaired) electrons. The van der Waals surface area contributed by atoms with Crippen molar-refractivity contribution in [2.75, 3.05) is 11.1 Å². The van der Waals surface area contributed by atoms with E-state index in [9.17, 15) is 18.0 Å². The van der Waals surface area contributed by atoms with Crippen LogP contribution >= 0.6 is 22.9 Å². The minimum absolute atomic E-state index is 0.240. The Morgan fingerprint density at radius 3 is 2.24 bits per heavy atom. The van der Waals surface area contributed by atoms with E-state index in [2.05, 4.69) is 10.1 Å². The first-order valence-corrected chi connectivity index (χ1v) is 12.5. The van der Waals surface area contributed by atoms with E-state index >= 15 is 0 Å². The smallest absolute Gasteiger partial charge is 0.406 e. The highest BCUT2D eigenvalue weighted by atomic mass is 35.5. The number of nitrogen functional groups attached to an aromatic ring is 1. The van der Waals surface area contributed by atoms with Gasteiger partial charge in [-0.1, -0.05) is 53.6 Å². The van der Waals surface area contributed by atoms with Crippen LogP contribution in [0.4, 0.5) is 24.5 Å². The minimum Gasteiger partial charge on any atom is -0.406 e. The number of nitrogens with zero attached hydrogens (tertiary/aromatic N) is 1. The van der Waals surface area contributed by atoms with Crippen molar-refractivity contribution in [2.24, 2.45) is 0 Å². The number of nitrogens with one attached hydrogen (secondary N) is 1. The molecule has 0 saturated carbocycles. The van der Waals surface area contributed by atoms with Crippen molar-refractivity contribution in [1.29, 1.82) is 0 Å². The van der Waals surface area contributed by atoms with Crippen molar-refractivity contribution in [2.45, 2.75) is 13.3 Å². The van der Waals surface area contributed by atoms with Crippen LogP contribution < -0.4 is 15.8 Å². The lowest BCUT2D eigenvalue weighted by Gasteiger charge is -2.10. The van der Waals surface area contributed by atoms with Crippen molar-refractivity contribution in [3.05, 3.63) is 94.3 Å². The van der Waals surface area contributed by atoms with Gasteiger partial charge in [0.25, 0.3) is 5.91 Å². The summed E-state index contributed by atoms with van der Waals surface area (Å²) in [5, 5.41) is 3.93. The van der Waals surface area contributed by atoms with Crippen molar-refractivity contribution in [3.8, 4) is 28.1 Å². The van der Waals surface area contributed by atoms with Crippen molar-refractivity contribution in [3.63, 3.8) is 0 Å². The highest BCUT2D eigenvalue weighted by molar-refractivity contribution is 7.21. The molecule has 0 fully saturated rings. The van der Waals surface area contributed by atoms with Crippen molar-refractivity contribution < 1.29 is 22.7 Å². The fraction of sp³-hybridized carbons (Fsp3) is 0.0714. The molecule has 5 nitrogen and oxygen atoms in total. The molecule has 2 aromatic heterocycles. The van der Waals surface area contributed by atoms with Gasteiger partial charge in [0.1, 0.15) is 15.5 Å². The number of thiophene rings is 1. The van der Waals surface area contributed by atoms with Crippen LogP contribution in [-0.4, -0.2) is 17.3 Å². The van der Waals surface area contributed by atoms with Crippen LogP contribution in [0.15, 0.2) is 78.9 Å². The van der Waals surface area contributed by atoms with E-state index < -0.39 is 18.0 Å². The molecule has 38 heavy (non-hydrogen) atoms. The van der Waals surface area contributed by atoms with E-state index in [1.807, 2.05) is 49.4 Å². The maximum absolute atomic E-state index is 13.2. The van der Waals surface area contributed by atoms with E-state index in [1.54, 1.807) is 12.1 Å². The van der Waals surface area contributed by atoms with Gasteiger partial charge in [-0.3, -0.25) is 4.79 Å². The number of fused-ring (bicyclic) bond motifs is 1. The average molecular weight is 554 g/mol. The number of benzene rings is 3. The molecule has 2 heterocycles. The molecule has 0 aliphatic rings. The molecule has 1 amide bonds. The van der Waals surface area contributed by atoms with E-state index in [0.717, 1.165) is 45.7 Å². The third-order valence-electron chi connectivity index (χ3n) is 5.75. The van der Waals surface area contributed by atoms with E-state index in [-0.39, 0.29) is 16.3 Å². The highest BCUT2D eigenvalue weighted by Gasteiger charge is 2.31. The number of halogens is 4. The molecule has 0 bridgehead atoms. The van der Waals surface area contributed by atoms with Gasteiger partial charge in [0.2, 0.25) is 0 Å². The number of rotatable bonds is 5. The summed E-state index contributed by atoms with van der Waals surface area (Å²) in [6, 6.07) is 22.0. The zero-order chi connectivity index (χ0) is 27.0. The second kappa shape index (κ2) is 10.00. The molecule has 0 aliphatic heterocycles. The average Bonchev–Trinajstić information content (AvgIpc) is 3.21. The Morgan fingerprint density at radius 1 is 0.974 bits per heavy atom. The first-order valence-electron chi connectivity index (χ1n) is 11.3. The second-order valence-corrected chi connectivity index (χ2v) is 9.91. The summed E-state index contributed by atoms with van der Waals surface area (Å²) >= 11 is 7.20. The second-order valence-electron chi connectivity index (χ2n) is 8.48. The van der Waals surface area contributed by atoms with Gasteiger partial charge in [-0.05, 0) is 60.5 Å². The zero-order valence-corrected chi connectivity index (χ0v) is 21.3. The summed E-state index contributed by atoms with van der Waals surface area (Å²) in [5.74, 6) is -0.892. The normalized spacial score (nSPS) is 11.5. The summed E-state index contributed by atoms with van der Waals surface area (Å²) in [7, 11) is 0. The zero-order valence-electron chi connectivity index (χ0n) is 19.8. The SMILES string of the molecule is Cc1ccc(-c2cc(-c3ccc(Cl)cc3)nc3sc(C(=O)Nc4ccc(OC(F)(F)F)cc4)c(N)c23)cc1. The first-order chi connectivity index (χ1) is 18.1. The molecule has 5 rings (SSSR count). The first kappa shape index (κ1) is 25.6. The predicted octanol–water partition coefficient (Wildman–Crippen LogP) is 8.33. The molecular weight excluding hydrogens is 535 g/mol. The third kappa shape index (κ3) is 5.44. The Balaban J connectivity index is 1.55. The van der Waals surface area contributed by atoms with Gasteiger partial charge < -0.3 is 15.8 Å². The van der Waals surface area contributed by atoms with Crippen LogP contribution in [0.1, 0.15) is 15.2 Å². The standard InChI is InChI=1S/C28H19ClF3N3O2S/c1-15-2-4-16(5-3-15)21-14-22(17-6-8-18(29)9-7-17)35-27-23(21)24(33)25(38-27)26(36)34-19-10-12-20(13-11-19)37-28(30,31)32/h2-14H,33H2,1H3,(H,34,36). The molecule has 0 spiro atoms. The number of aromatic nitrogens is 1. The fourth-order valence-electron chi connectivity index (χ4n) is 3.95. The van der Waals surface area contributed by atoms with Crippen LogP contribution in [-0.2, 0) is 0 Å². The minimum atomic E-state index is -4.80. The van der Waals surface area contributed by atoms with Gasteiger partial charge in [0, 0.05) is 21.7 Å². The number of amides is 1. The Labute approximate surface area is 224 Å². The van der Waals surface area contributed by atoms with Crippen LogP contribution in [0.5, 0.6) is 5.75 Å². The molecule has 0 saturated heterocycles. The molecule has 0 atom stereocenters. The lowest BCUT2D eigenvalue weighted by Crippen LogP contribution is -2.17. The van der Waals surface area contributed by atoms with E-state index in [4.69, 9.17) is 22.3 Å². The van der Waals surface area contributed by atoms with Crippen LogP contribution in [0, 0.1) is 6.92 Å². The molecule has 10 heteroatoms. The maximum atomic E-state index is 13.2. The van der Waals surface area contributed by atoms with Crippen LogP contribution in [0.2, 0.25) is 5.02 Å². The maximum Gasteiger partial charge on any atom is 0.573 e. The molecule has 3 aromatic carbocycles. The quantitative estimate of drug-likeness (QED) is 0.229. The molecule has 0 unspecified atom stereocenters. The number of pyridine rings is 1. The summed E-state index contributed by atoms with van der Waals surface area (Å²) in [5.41, 5.74) is 11.4. The number of nitrogens with two attached hydrogens (primary N) is 1. The summed E-state index contributed by atoms with van der Waals surface area (Å²) in [6.45, 7) is 1.99. The Bertz CT molecular complexity index is 1630. The third-order valence-corrected chi connectivity index (χ3v) is 7.10. The number of alkyl halides is 3. The number of carbonyl (C=O) groups excluding carboxylic acids is 1. The number of hydrogen-bond donors (Lipinski definition) is 2. The lowest BCUT2D eigenvalue weighted by atomic mass is 9.98. The Kier molecular flexibility index (Phi) is 6.73. The van der Waals surface area contributed by atoms with Crippen molar-refractivity contribution >= 4 is 50.4 Å². The number of carbonyl (C=O) groups is 1.